The highest BCUT2D eigenvalue weighted by molar-refractivity contribution is 9.10. The number of aliphatic hydroxyl groups is 1. The molecule has 0 aliphatic carbocycles. The number of amides is 1. The molecule has 19 heavy (non-hydrogen) atoms. The number of piperazine rings is 1. The Hall–Kier alpha value is -0.910. The summed E-state index contributed by atoms with van der Waals surface area (Å²) in [5.74, 6) is 0.0995. The molecule has 1 aromatic rings. The number of halogens is 1. The van der Waals surface area contributed by atoms with E-state index in [1.165, 1.54) is 0 Å². The fraction of sp³-hybridized carbons (Fsp3) is 0.500. The normalized spacial score (nSPS) is 16.7. The highest BCUT2D eigenvalue weighted by atomic mass is 79.9. The van der Waals surface area contributed by atoms with Crippen molar-refractivity contribution in [3.05, 3.63) is 33.8 Å². The van der Waals surface area contributed by atoms with E-state index in [1.54, 1.807) is 0 Å². The number of aliphatic hydroxyl groups excluding tert-OH is 1. The summed E-state index contributed by atoms with van der Waals surface area (Å²) in [7, 11) is 0. The number of hydrogen-bond donors (Lipinski definition) is 1. The zero-order valence-corrected chi connectivity index (χ0v) is 12.7. The number of carbonyl (C=O) groups is 1. The number of carbonyl (C=O) groups excluding carboxylic acids is 1. The van der Waals surface area contributed by atoms with Crippen molar-refractivity contribution in [2.24, 2.45) is 0 Å². The fourth-order valence-corrected chi connectivity index (χ4v) is 2.67. The molecule has 0 saturated carbocycles. The summed E-state index contributed by atoms with van der Waals surface area (Å²) in [6.07, 6.45) is 0. The third-order valence-corrected chi connectivity index (χ3v) is 4.00. The predicted octanol–water partition coefficient (Wildman–Crippen LogP) is 1.51. The number of aryl methyl sites for hydroxylation is 1. The summed E-state index contributed by atoms with van der Waals surface area (Å²) in [4.78, 5) is 16.5. The number of nitrogens with zero attached hydrogens (tertiary/aromatic N) is 2. The van der Waals surface area contributed by atoms with Gasteiger partial charge in [0.1, 0.15) is 0 Å². The highest BCUT2D eigenvalue weighted by Gasteiger charge is 2.22. The van der Waals surface area contributed by atoms with Crippen LogP contribution in [0.1, 0.15) is 15.9 Å². The van der Waals surface area contributed by atoms with E-state index in [0.717, 1.165) is 41.8 Å². The summed E-state index contributed by atoms with van der Waals surface area (Å²) in [6.45, 7) is 5.95. The molecule has 1 aliphatic rings. The van der Waals surface area contributed by atoms with E-state index in [1.807, 2.05) is 30.0 Å². The lowest BCUT2D eigenvalue weighted by molar-refractivity contribution is 0.0614. The van der Waals surface area contributed by atoms with E-state index < -0.39 is 0 Å². The lowest BCUT2D eigenvalue weighted by Crippen LogP contribution is -2.49. The van der Waals surface area contributed by atoms with Crippen molar-refractivity contribution in [3.8, 4) is 0 Å². The molecule has 1 amide bonds. The minimum absolute atomic E-state index is 0.0995. The van der Waals surface area contributed by atoms with Gasteiger partial charge < -0.3 is 10.0 Å². The molecule has 0 atom stereocenters. The van der Waals surface area contributed by atoms with Crippen molar-refractivity contribution in [1.29, 1.82) is 0 Å². The van der Waals surface area contributed by atoms with Gasteiger partial charge in [-0.3, -0.25) is 9.69 Å². The Morgan fingerprint density at radius 3 is 2.63 bits per heavy atom. The zero-order chi connectivity index (χ0) is 13.8. The summed E-state index contributed by atoms with van der Waals surface area (Å²) in [5, 5.41) is 8.91. The van der Waals surface area contributed by atoms with Crippen LogP contribution in [0.25, 0.3) is 0 Å². The first-order valence-corrected chi connectivity index (χ1v) is 7.30. The largest absolute Gasteiger partial charge is 0.395 e. The molecule has 1 heterocycles. The molecule has 1 saturated heterocycles. The average molecular weight is 327 g/mol. The summed E-state index contributed by atoms with van der Waals surface area (Å²) < 4.78 is 0.931. The predicted molar refractivity (Wildman–Crippen MR) is 78.3 cm³/mol. The molecule has 1 aromatic carbocycles. The summed E-state index contributed by atoms with van der Waals surface area (Å²) in [5.41, 5.74) is 1.77. The van der Waals surface area contributed by atoms with E-state index in [2.05, 4.69) is 20.8 Å². The monoisotopic (exact) mass is 326 g/mol. The van der Waals surface area contributed by atoms with Crippen LogP contribution in [0.15, 0.2) is 22.7 Å². The van der Waals surface area contributed by atoms with E-state index in [4.69, 9.17) is 5.11 Å². The standard InChI is InChI=1S/C14H19BrN2O2/c1-11-2-3-12(15)10-13(11)14(19)17-6-4-16(5-7-17)8-9-18/h2-3,10,18H,4-9H2,1H3. The Balaban J connectivity index is 2.03. The van der Waals surface area contributed by atoms with Crippen LogP contribution in [0.5, 0.6) is 0 Å². The maximum Gasteiger partial charge on any atom is 0.254 e. The maximum atomic E-state index is 12.5. The average Bonchev–Trinajstić information content (AvgIpc) is 2.42. The van der Waals surface area contributed by atoms with Crippen LogP contribution in [0.4, 0.5) is 0 Å². The van der Waals surface area contributed by atoms with Crippen molar-refractivity contribution in [3.63, 3.8) is 0 Å². The van der Waals surface area contributed by atoms with E-state index >= 15 is 0 Å². The van der Waals surface area contributed by atoms with E-state index in [9.17, 15) is 4.79 Å². The smallest absolute Gasteiger partial charge is 0.254 e. The molecule has 0 radical (unpaired) electrons. The second-order valence-electron chi connectivity index (χ2n) is 4.82. The van der Waals surface area contributed by atoms with Crippen LogP contribution in [0, 0.1) is 6.92 Å². The van der Waals surface area contributed by atoms with Gasteiger partial charge in [-0.2, -0.15) is 0 Å². The fourth-order valence-electron chi connectivity index (χ4n) is 2.31. The van der Waals surface area contributed by atoms with Crippen molar-refractivity contribution >= 4 is 21.8 Å². The second kappa shape index (κ2) is 6.50. The quantitative estimate of drug-likeness (QED) is 0.915. The van der Waals surface area contributed by atoms with Gasteiger partial charge in [-0.15, -0.1) is 0 Å². The molecule has 1 aliphatic heterocycles. The van der Waals surface area contributed by atoms with Gasteiger partial charge in [0.05, 0.1) is 6.61 Å². The van der Waals surface area contributed by atoms with Crippen LogP contribution in [-0.2, 0) is 0 Å². The molecule has 104 valence electrons. The molecule has 1 fully saturated rings. The highest BCUT2D eigenvalue weighted by Crippen LogP contribution is 2.18. The van der Waals surface area contributed by atoms with Crippen LogP contribution in [0.2, 0.25) is 0 Å². The van der Waals surface area contributed by atoms with Crippen LogP contribution in [-0.4, -0.2) is 60.1 Å². The molecular weight excluding hydrogens is 308 g/mol. The van der Waals surface area contributed by atoms with Gasteiger partial charge in [0.2, 0.25) is 0 Å². The van der Waals surface area contributed by atoms with Gasteiger partial charge in [0.25, 0.3) is 5.91 Å². The summed E-state index contributed by atoms with van der Waals surface area (Å²) in [6, 6.07) is 5.79. The Morgan fingerprint density at radius 2 is 2.00 bits per heavy atom. The first kappa shape index (κ1) is 14.5. The molecule has 0 spiro atoms. The van der Waals surface area contributed by atoms with Gasteiger partial charge in [-0.25, -0.2) is 0 Å². The van der Waals surface area contributed by atoms with Crippen molar-refractivity contribution in [1.82, 2.24) is 9.80 Å². The van der Waals surface area contributed by atoms with Crippen molar-refractivity contribution in [2.75, 3.05) is 39.3 Å². The zero-order valence-electron chi connectivity index (χ0n) is 11.1. The van der Waals surface area contributed by atoms with Gasteiger partial charge >= 0.3 is 0 Å². The van der Waals surface area contributed by atoms with Crippen LogP contribution in [0.3, 0.4) is 0 Å². The molecule has 1 N–H and O–H groups in total. The molecule has 0 aromatic heterocycles. The van der Waals surface area contributed by atoms with Crippen molar-refractivity contribution in [2.45, 2.75) is 6.92 Å². The SMILES string of the molecule is Cc1ccc(Br)cc1C(=O)N1CCN(CCO)CC1. The number of benzene rings is 1. The molecule has 0 bridgehead atoms. The lowest BCUT2D eigenvalue weighted by Gasteiger charge is -2.34. The third-order valence-electron chi connectivity index (χ3n) is 3.51. The molecular formula is C14H19BrN2O2. The Labute approximate surface area is 122 Å². The lowest BCUT2D eigenvalue weighted by atomic mass is 10.1. The Morgan fingerprint density at radius 1 is 1.32 bits per heavy atom. The first-order valence-electron chi connectivity index (χ1n) is 6.50. The number of β-amino-alcohol motifs (C(OH)–C–C–N with tert-alkyl or cyclic N) is 1. The first-order chi connectivity index (χ1) is 9.11. The molecule has 5 heteroatoms. The molecule has 2 rings (SSSR count). The minimum Gasteiger partial charge on any atom is -0.395 e. The third kappa shape index (κ3) is 3.55. The second-order valence-corrected chi connectivity index (χ2v) is 5.73. The minimum atomic E-state index is 0.0995. The summed E-state index contributed by atoms with van der Waals surface area (Å²) >= 11 is 3.41. The van der Waals surface area contributed by atoms with Gasteiger partial charge in [0, 0.05) is 42.8 Å². The van der Waals surface area contributed by atoms with E-state index in [0.29, 0.717) is 6.54 Å². The maximum absolute atomic E-state index is 12.5. The van der Waals surface area contributed by atoms with Gasteiger partial charge in [0.15, 0.2) is 0 Å². The number of rotatable bonds is 3. The van der Waals surface area contributed by atoms with Gasteiger partial charge in [-0.05, 0) is 24.6 Å². The van der Waals surface area contributed by atoms with E-state index in [-0.39, 0.29) is 12.5 Å². The Bertz CT molecular complexity index is 457. The Kier molecular flexibility index (Phi) is 4.96. The van der Waals surface area contributed by atoms with Gasteiger partial charge in [-0.1, -0.05) is 22.0 Å². The van der Waals surface area contributed by atoms with Crippen LogP contribution >= 0.6 is 15.9 Å². The topological polar surface area (TPSA) is 43.8 Å². The van der Waals surface area contributed by atoms with Crippen LogP contribution < -0.4 is 0 Å². The van der Waals surface area contributed by atoms with Crippen molar-refractivity contribution < 1.29 is 9.90 Å². The molecule has 4 nitrogen and oxygen atoms in total. The number of hydrogen-bond acceptors (Lipinski definition) is 3. The molecule has 0 unspecified atom stereocenters.